The second-order valence-corrected chi connectivity index (χ2v) is 6.17. The molecule has 0 fully saturated rings. The zero-order valence-corrected chi connectivity index (χ0v) is 14.6. The van der Waals surface area contributed by atoms with E-state index >= 15 is 0 Å². The van der Waals surface area contributed by atoms with Crippen LogP contribution in [0.15, 0.2) is 52.9 Å². The summed E-state index contributed by atoms with van der Waals surface area (Å²) < 4.78 is 5.61. The summed E-state index contributed by atoms with van der Waals surface area (Å²) in [4.78, 5) is 25.7. The van der Waals surface area contributed by atoms with Crippen molar-refractivity contribution in [3.8, 4) is 0 Å². The van der Waals surface area contributed by atoms with Crippen molar-refractivity contribution in [1.82, 2.24) is 10.2 Å². The summed E-state index contributed by atoms with van der Waals surface area (Å²) in [6, 6.07) is 14.0. The molecule has 0 spiro atoms. The molecule has 0 aliphatic rings. The van der Waals surface area contributed by atoms with Crippen molar-refractivity contribution in [2.24, 2.45) is 0 Å². The zero-order valence-electron chi connectivity index (χ0n) is 13.9. The van der Waals surface area contributed by atoms with Crippen LogP contribution in [-0.2, 0) is 6.54 Å². The zero-order chi connectivity index (χ0) is 18.0. The highest BCUT2D eigenvalue weighted by molar-refractivity contribution is 6.31. The van der Waals surface area contributed by atoms with Gasteiger partial charge in [0.2, 0.25) is 0 Å². The topological polar surface area (TPSA) is 62.6 Å². The minimum atomic E-state index is -0.220. The fraction of sp³-hybridized carbons (Fsp3) is 0.158. The normalized spacial score (nSPS) is 10.7. The van der Waals surface area contributed by atoms with Gasteiger partial charge in [-0.3, -0.25) is 9.59 Å². The maximum Gasteiger partial charge on any atom is 0.289 e. The summed E-state index contributed by atoms with van der Waals surface area (Å²) in [7, 11) is 3.29. The van der Waals surface area contributed by atoms with Crippen LogP contribution in [0, 0.1) is 0 Å². The summed E-state index contributed by atoms with van der Waals surface area (Å²) in [5.41, 5.74) is 2.12. The van der Waals surface area contributed by atoms with Crippen LogP contribution in [0.4, 0.5) is 0 Å². The fourth-order valence-corrected chi connectivity index (χ4v) is 2.74. The maximum atomic E-state index is 12.6. The second-order valence-electron chi connectivity index (χ2n) is 5.73. The maximum absolute atomic E-state index is 12.6. The van der Waals surface area contributed by atoms with Gasteiger partial charge in [-0.25, -0.2) is 0 Å². The van der Waals surface area contributed by atoms with Gasteiger partial charge in [-0.1, -0.05) is 23.7 Å². The number of furan rings is 1. The van der Waals surface area contributed by atoms with E-state index in [-0.39, 0.29) is 17.6 Å². The van der Waals surface area contributed by atoms with Gasteiger partial charge in [0.15, 0.2) is 5.76 Å². The highest BCUT2D eigenvalue weighted by Crippen LogP contribution is 2.24. The number of hydrogen-bond donors (Lipinski definition) is 1. The van der Waals surface area contributed by atoms with Crippen molar-refractivity contribution in [1.29, 1.82) is 0 Å². The molecule has 128 valence electrons. The van der Waals surface area contributed by atoms with Crippen LogP contribution < -0.4 is 5.32 Å². The third kappa shape index (κ3) is 3.67. The fourth-order valence-electron chi connectivity index (χ4n) is 2.56. The molecule has 0 aliphatic carbocycles. The highest BCUT2D eigenvalue weighted by atomic mass is 35.5. The lowest BCUT2D eigenvalue weighted by atomic mass is 10.1. The van der Waals surface area contributed by atoms with Crippen molar-refractivity contribution < 1.29 is 14.0 Å². The van der Waals surface area contributed by atoms with Gasteiger partial charge >= 0.3 is 0 Å². The number of halogens is 1. The van der Waals surface area contributed by atoms with Crippen molar-refractivity contribution in [3.05, 3.63) is 70.4 Å². The molecule has 25 heavy (non-hydrogen) atoms. The van der Waals surface area contributed by atoms with Gasteiger partial charge in [-0.2, -0.15) is 0 Å². The first-order chi connectivity index (χ1) is 12.0. The number of nitrogens with zero attached hydrogens (tertiary/aromatic N) is 1. The first-order valence-electron chi connectivity index (χ1n) is 7.73. The molecule has 1 aromatic heterocycles. The van der Waals surface area contributed by atoms with Gasteiger partial charge in [0.1, 0.15) is 5.58 Å². The van der Waals surface area contributed by atoms with Crippen molar-refractivity contribution in [2.45, 2.75) is 6.54 Å². The predicted octanol–water partition coefficient (Wildman–Crippen LogP) is 3.72. The highest BCUT2D eigenvalue weighted by Gasteiger charge is 2.17. The summed E-state index contributed by atoms with van der Waals surface area (Å²) in [6.07, 6.45) is 0. The standard InChI is InChI=1S/C19H17ClN2O3/c1-21-18(23)13-5-3-12(4-6-13)11-22(2)19(24)17-10-14-9-15(20)7-8-16(14)25-17/h3-10H,11H2,1-2H3,(H,21,23). The van der Waals surface area contributed by atoms with Crippen LogP contribution >= 0.6 is 11.6 Å². The number of benzene rings is 2. The van der Waals surface area contributed by atoms with E-state index < -0.39 is 0 Å². The van der Waals surface area contributed by atoms with Gasteiger partial charge in [-0.15, -0.1) is 0 Å². The van der Waals surface area contributed by atoms with Crippen LogP contribution in [0.3, 0.4) is 0 Å². The number of carbonyl (C=O) groups excluding carboxylic acids is 2. The Balaban J connectivity index is 1.74. The molecule has 2 aromatic carbocycles. The summed E-state index contributed by atoms with van der Waals surface area (Å²) in [6.45, 7) is 0.407. The molecular weight excluding hydrogens is 340 g/mol. The molecule has 0 unspecified atom stereocenters. The van der Waals surface area contributed by atoms with Crippen LogP contribution in [0.5, 0.6) is 0 Å². The van der Waals surface area contributed by atoms with Crippen molar-refractivity contribution in [2.75, 3.05) is 14.1 Å². The molecule has 0 saturated heterocycles. The Bertz CT molecular complexity index is 931. The second kappa shape index (κ2) is 6.99. The van der Waals surface area contributed by atoms with E-state index in [1.54, 1.807) is 55.4 Å². The monoisotopic (exact) mass is 356 g/mol. The summed E-state index contributed by atoms with van der Waals surface area (Å²) in [5, 5.41) is 3.96. The predicted molar refractivity (Wildman–Crippen MR) is 96.9 cm³/mol. The van der Waals surface area contributed by atoms with E-state index in [1.165, 1.54) is 0 Å². The van der Waals surface area contributed by atoms with Gasteiger partial charge in [-0.05, 0) is 42.0 Å². The first-order valence-corrected chi connectivity index (χ1v) is 8.11. The van der Waals surface area contributed by atoms with E-state index in [1.807, 2.05) is 12.1 Å². The Morgan fingerprint density at radius 3 is 2.52 bits per heavy atom. The molecule has 0 atom stereocenters. The summed E-state index contributed by atoms with van der Waals surface area (Å²) >= 11 is 5.96. The van der Waals surface area contributed by atoms with Gasteiger partial charge < -0.3 is 14.6 Å². The quantitative estimate of drug-likeness (QED) is 0.775. The molecule has 2 amide bonds. The summed E-state index contributed by atoms with van der Waals surface area (Å²) in [5.74, 6) is -0.0960. The van der Waals surface area contributed by atoms with E-state index in [4.69, 9.17) is 16.0 Å². The average Bonchev–Trinajstić information content (AvgIpc) is 3.04. The minimum Gasteiger partial charge on any atom is -0.451 e. The molecule has 5 nitrogen and oxygen atoms in total. The molecule has 0 saturated carbocycles. The van der Waals surface area contributed by atoms with Crippen LogP contribution in [-0.4, -0.2) is 30.8 Å². The van der Waals surface area contributed by atoms with E-state index in [9.17, 15) is 9.59 Å². The molecule has 0 radical (unpaired) electrons. The van der Waals surface area contributed by atoms with Crippen LogP contribution in [0.1, 0.15) is 26.5 Å². The molecule has 3 aromatic rings. The minimum absolute atomic E-state index is 0.142. The number of hydrogen-bond acceptors (Lipinski definition) is 3. The van der Waals surface area contributed by atoms with Crippen molar-refractivity contribution in [3.63, 3.8) is 0 Å². The third-order valence-corrected chi connectivity index (χ3v) is 4.13. The Kier molecular flexibility index (Phi) is 4.76. The molecule has 6 heteroatoms. The van der Waals surface area contributed by atoms with Gasteiger partial charge in [0, 0.05) is 36.6 Å². The lowest BCUT2D eigenvalue weighted by Gasteiger charge is -2.16. The Labute approximate surface area is 150 Å². The number of nitrogens with one attached hydrogen (secondary N) is 1. The molecule has 0 bridgehead atoms. The lowest BCUT2D eigenvalue weighted by Crippen LogP contribution is -2.25. The van der Waals surface area contributed by atoms with E-state index in [0.717, 1.165) is 10.9 Å². The molecule has 0 aliphatic heterocycles. The molecule has 1 heterocycles. The Morgan fingerprint density at radius 1 is 1.12 bits per heavy atom. The van der Waals surface area contributed by atoms with Gasteiger partial charge in [0.25, 0.3) is 11.8 Å². The number of rotatable bonds is 4. The third-order valence-electron chi connectivity index (χ3n) is 3.90. The SMILES string of the molecule is CNC(=O)c1ccc(CN(C)C(=O)c2cc3cc(Cl)ccc3o2)cc1. The number of fused-ring (bicyclic) bond motifs is 1. The van der Waals surface area contributed by atoms with E-state index in [2.05, 4.69) is 5.32 Å². The first kappa shape index (κ1) is 17.0. The number of carbonyl (C=O) groups is 2. The Hall–Kier alpha value is -2.79. The average molecular weight is 357 g/mol. The number of amides is 2. The van der Waals surface area contributed by atoms with Crippen LogP contribution in [0.25, 0.3) is 11.0 Å². The largest absolute Gasteiger partial charge is 0.451 e. The Morgan fingerprint density at radius 2 is 1.84 bits per heavy atom. The van der Waals surface area contributed by atoms with Crippen LogP contribution in [0.2, 0.25) is 5.02 Å². The van der Waals surface area contributed by atoms with Gasteiger partial charge in [0.05, 0.1) is 0 Å². The van der Waals surface area contributed by atoms with Crippen molar-refractivity contribution >= 4 is 34.4 Å². The molecular formula is C19H17ClN2O3. The van der Waals surface area contributed by atoms with E-state index in [0.29, 0.717) is 22.7 Å². The molecule has 1 N–H and O–H groups in total. The lowest BCUT2D eigenvalue weighted by molar-refractivity contribution is 0.0755. The smallest absolute Gasteiger partial charge is 0.289 e. The molecule has 3 rings (SSSR count).